The number of anilines is 2. The second kappa shape index (κ2) is 8.90. The molecule has 2 heterocycles. The molecule has 9 heteroatoms. The van der Waals surface area contributed by atoms with E-state index in [1.54, 1.807) is 48.5 Å². The van der Waals surface area contributed by atoms with Crippen LogP contribution in [0.5, 0.6) is 17.2 Å². The molecule has 0 radical (unpaired) electrons. The normalized spacial score (nSPS) is 17.0. The first-order valence-corrected chi connectivity index (χ1v) is 12.4. The maximum absolute atomic E-state index is 13.3. The number of nitrogens with zero attached hydrogens (tertiary/aromatic N) is 1. The summed E-state index contributed by atoms with van der Waals surface area (Å²) in [4.78, 5) is 13.0. The fourth-order valence-electron chi connectivity index (χ4n) is 4.14. The molecule has 2 aliphatic heterocycles. The summed E-state index contributed by atoms with van der Waals surface area (Å²) in [7, 11) is -2.19. The van der Waals surface area contributed by atoms with E-state index in [2.05, 4.69) is 5.32 Å². The van der Waals surface area contributed by atoms with Gasteiger partial charge in [0.1, 0.15) is 12.4 Å². The van der Waals surface area contributed by atoms with Gasteiger partial charge in [-0.25, -0.2) is 8.42 Å². The van der Waals surface area contributed by atoms with Gasteiger partial charge in [0.05, 0.1) is 17.7 Å². The molecule has 1 atom stereocenters. The third-order valence-electron chi connectivity index (χ3n) is 5.87. The minimum atomic E-state index is -3.73. The monoisotopic (exact) mass is 480 g/mol. The van der Waals surface area contributed by atoms with Crippen molar-refractivity contribution < 1.29 is 27.4 Å². The molecule has 1 amide bonds. The largest absolute Gasteiger partial charge is 0.497 e. The molecule has 1 unspecified atom stereocenters. The molecule has 1 N–H and O–H groups in total. The van der Waals surface area contributed by atoms with Crippen LogP contribution in [0.3, 0.4) is 0 Å². The average molecular weight is 481 g/mol. The minimum absolute atomic E-state index is 0.113. The van der Waals surface area contributed by atoms with Crippen molar-refractivity contribution in [3.8, 4) is 17.2 Å². The van der Waals surface area contributed by atoms with Gasteiger partial charge < -0.3 is 19.5 Å². The van der Waals surface area contributed by atoms with E-state index in [1.807, 2.05) is 18.2 Å². The van der Waals surface area contributed by atoms with Crippen LogP contribution in [0, 0.1) is 0 Å². The van der Waals surface area contributed by atoms with E-state index in [1.165, 1.54) is 11.4 Å². The Balaban J connectivity index is 1.34. The number of hydrogen-bond acceptors (Lipinski definition) is 6. The number of methoxy groups -OCH3 is 1. The maximum Gasteiger partial charge on any atom is 0.269 e. The lowest BCUT2D eigenvalue weighted by Crippen LogP contribution is -2.40. The molecule has 0 saturated heterocycles. The first-order valence-electron chi connectivity index (χ1n) is 10.9. The van der Waals surface area contributed by atoms with E-state index in [0.29, 0.717) is 48.0 Å². The van der Waals surface area contributed by atoms with E-state index in [9.17, 15) is 13.2 Å². The molecule has 34 heavy (non-hydrogen) atoms. The lowest BCUT2D eigenvalue weighted by Gasteiger charge is -2.31. The van der Waals surface area contributed by atoms with Crippen molar-refractivity contribution in [1.29, 1.82) is 0 Å². The number of fused-ring (bicyclic) bond motifs is 2. The number of para-hydroxylation sites is 2. The molecular formula is C25H24N2O6S. The molecule has 2 aliphatic rings. The molecule has 0 aliphatic carbocycles. The molecule has 176 valence electrons. The third-order valence-corrected chi connectivity index (χ3v) is 7.70. The second-order valence-electron chi connectivity index (χ2n) is 8.05. The summed E-state index contributed by atoms with van der Waals surface area (Å²) in [5, 5.41) is 2.86. The Bertz CT molecular complexity index is 1320. The zero-order valence-electron chi connectivity index (χ0n) is 18.6. The van der Waals surface area contributed by atoms with E-state index in [0.717, 1.165) is 5.56 Å². The quantitative estimate of drug-likeness (QED) is 0.600. The molecule has 3 aromatic rings. The smallest absolute Gasteiger partial charge is 0.269 e. The van der Waals surface area contributed by atoms with Crippen molar-refractivity contribution in [3.63, 3.8) is 0 Å². The summed E-state index contributed by atoms with van der Waals surface area (Å²) < 4.78 is 44.6. The molecule has 3 aromatic carbocycles. The van der Waals surface area contributed by atoms with Gasteiger partial charge in [-0.15, -0.1) is 0 Å². The number of carbonyl (C=O) groups excluding carboxylic acids is 1. The molecule has 5 rings (SSSR count). The molecule has 0 bridgehead atoms. The van der Waals surface area contributed by atoms with Crippen molar-refractivity contribution in [2.45, 2.75) is 23.8 Å². The van der Waals surface area contributed by atoms with Gasteiger partial charge in [-0.3, -0.25) is 9.10 Å². The first-order chi connectivity index (χ1) is 16.5. The highest BCUT2D eigenvalue weighted by molar-refractivity contribution is 7.92. The van der Waals surface area contributed by atoms with Crippen LogP contribution < -0.4 is 23.8 Å². The lowest BCUT2D eigenvalue weighted by molar-refractivity contribution is -0.125. The van der Waals surface area contributed by atoms with Gasteiger partial charge in [0.2, 0.25) is 6.10 Å². The minimum Gasteiger partial charge on any atom is -0.497 e. The van der Waals surface area contributed by atoms with Gasteiger partial charge in [-0.2, -0.15) is 0 Å². The highest BCUT2D eigenvalue weighted by Crippen LogP contribution is 2.35. The molecular weight excluding hydrogens is 456 g/mol. The summed E-state index contributed by atoms with van der Waals surface area (Å²) in [6.07, 6.45) is 0.609. The Labute approximate surface area is 198 Å². The van der Waals surface area contributed by atoms with Crippen LogP contribution in [0.25, 0.3) is 0 Å². The van der Waals surface area contributed by atoms with Crippen LogP contribution in [-0.2, 0) is 21.2 Å². The number of nitrogens with one attached hydrogen (secondary N) is 1. The number of hydrogen-bond donors (Lipinski definition) is 1. The Hall–Kier alpha value is -3.72. The number of aryl methyl sites for hydroxylation is 1. The Kier molecular flexibility index (Phi) is 5.79. The molecule has 0 saturated carbocycles. The van der Waals surface area contributed by atoms with E-state index in [-0.39, 0.29) is 17.4 Å². The summed E-state index contributed by atoms with van der Waals surface area (Å²) in [6.45, 7) is 0.501. The summed E-state index contributed by atoms with van der Waals surface area (Å²) >= 11 is 0. The summed E-state index contributed by atoms with van der Waals surface area (Å²) in [5.41, 5.74) is 2.05. The summed E-state index contributed by atoms with van der Waals surface area (Å²) in [5.74, 6) is 1.40. The number of ether oxygens (including phenoxy) is 3. The van der Waals surface area contributed by atoms with Gasteiger partial charge >= 0.3 is 0 Å². The van der Waals surface area contributed by atoms with Gasteiger partial charge in [-0.05, 0) is 73.0 Å². The second-order valence-corrected chi connectivity index (χ2v) is 9.92. The van der Waals surface area contributed by atoms with Crippen LogP contribution in [0.15, 0.2) is 71.6 Å². The number of carbonyl (C=O) groups is 1. The number of rotatable bonds is 5. The number of benzene rings is 3. The van der Waals surface area contributed by atoms with Crippen LogP contribution in [-0.4, -0.2) is 40.7 Å². The van der Waals surface area contributed by atoms with E-state index < -0.39 is 16.1 Å². The molecule has 0 aromatic heterocycles. The van der Waals surface area contributed by atoms with Crippen molar-refractivity contribution in [3.05, 3.63) is 72.3 Å². The molecule has 0 fully saturated rings. The van der Waals surface area contributed by atoms with Gasteiger partial charge in [0, 0.05) is 12.2 Å². The molecule has 0 spiro atoms. The highest BCUT2D eigenvalue weighted by Gasteiger charge is 2.30. The van der Waals surface area contributed by atoms with Crippen molar-refractivity contribution >= 4 is 27.3 Å². The first kappa shape index (κ1) is 22.1. The van der Waals surface area contributed by atoms with E-state index >= 15 is 0 Å². The Morgan fingerprint density at radius 1 is 1.06 bits per heavy atom. The van der Waals surface area contributed by atoms with Crippen LogP contribution in [0.1, 0.15) is 12.0 Å². The van der Waals surface area contributed by atoms with Gasteiger partial charge in [0.25, 0.3) is 15.9 Å². The van der Waals surface area contributed by atoms with Gasteiger partial charge in [-0.1, -0.05) is 12.1 Å². The fraction of sp³-hybridized carbons (Fsp3) is 0.240. The Morgan fingerprint density at radius 3 is 2.59 bits per heavy atom. The van der Waals surface area contributed by atoms with Crippen LogP contribution in [0.2, 0.25) is 0 Å². The van der Waals surface area contributed by atoms with E-state index in [4.69, 9.17) is 14.2 Å². The molecule has 8 nitrogen and oxygen atoms in total. The zero-order valence-corrected chi connectivity index (χ0v) is 19.4. The fourth-order valence-corrected chi connectivity index (χ4v) is 5.68. The predicted molar refractivity (Wildman–Crippen MR) is 127 cm³/mol. The third kappa shape index (κ3) is 4.14. The highest BCUT2D eigenvalue weighted by atomic mass is 32.2. The number of amides is 1. The summed E-state index contributed by atoms with van der Waals surface area (Å²) in [6, 6.07) is 18.8. The number of sulfonamides is 1. The van der Waals surface area contributed by atoms with Crippen molar-refractivity contribution in [2.24, 2.45) is 0 Å². The van der Waals surface area contributed by atoms with Crippen LogP contribution in [0.4, 0.5) is 11.4 Å². The maximum atomic E-state index is 13.3. The zero-order chi connectivity index (χ0) is 23.7. The van der Waals surface area contributed by atoms with Crippen LogP contribution >= 0.6 is 0 Å². The Morgan fingerprint density at radius 2 is 1.82 bits per heavy atom. The average Bonchev–Trinajstić information content (AvgIpc) is 2.87. The lowest BCUT2D eigenvalue weighted by atomic mass is 10.0. The SMILES string of the molecule is COc1ccc(S(=O)(=O)N2CCCc3cc(NC(=O)C4COc5ccccc5O4)ccc32)cc1. The predicted octanol–water partition coefficient (Wildman–Crippen LogP) is 3.62. The van der Waals surface area contributed by atoms with Crippen molar-refractivity contribution in [2.75, 3.05) is 29.9 Å². The topological polar surface area (TPSA) is 94.2 Å². The standard InChI is InChI=1S/C25H24N2O6S/c1-31-19-9-11-20(12-10-19)34(29,30)27-14-4-5-17-15-18(8-13-21(17)27)26-25(28)24-16-32-22-6-2-3-7-23(22)33-24/h2-3,6-13,15,24H,4-5,14,16H2,1H3,(H,26,28). The van der Waals surface area contributed by atoms with Gasteiger partial charge in [0.15, 0.2) is 11.5 Å². The van der Waals surface area contributed by atoms with Crippen molar-refractivity contribution in [1.82, 2.24) is 0 Å².